The van der Waals surface area contributed by atoms with Crippen LogP contribution in [0.3, 0.4) is 0 Å². The van der Waals surface area contributed by atoms with Gasteiger partial charge in [-0.3, -0.25) is 9.78 Å². The standard InChI is InChI=1S/C15H11BrN4O2/c16-12-6-2-1-5-11(12)14(21)18-9-13-19-20-15(22-13)10-4-3-7-17-8-10/h1-8H,9H2,(H,18,21). The lowest BCUT2D eigenvalue weighted by Gasteiger charge is -2.04. The van der Waals surface area contributed by atoms with E-state index in [1.807, 2.05) is 18.2 Å². The van der Waals surface area contributed by atoms with Crippen molar-refractivity contribution in [1.82, 2.24) is 20.5 Å². The summed E-state index contributed by atoms with van der Waals surface area (Å²) in [5, 5.41) is 10.6. The molecule has 110 valence electrons. The summed E-state index contributed by atoms with van der Waals surface area (Å²) in [6.45, 7) is 0.160. The van der Waals surface area contributed by atoms with Crippen molar-refractivity contribution in [2.45, 2.75) is 6.54 Å². The molecule has 6 nitrogen and oxygen atoms in total. The molecule has 1 amide bonds. The van der Waals surface area contributed by atoms with E-state index in [0.717, 1.165) is 10.0 Å². The molecule has 2 aromatic heterocycles. The number of carbonyl (C=O) groups is 1. The number of hydrogen-bond acceptors (Lipinski definition) is 5. The minimum atomic E-state index is -0.214. The molecule has 0 atom stereocenters. The first-order valence-electron chi connectivity index (χ1n) is 6.49. The Kier molecular flexibility index (Phi) is 4.24. The summed E-state index contributed by atoms with van der Waals surface area (Å²) < 4.78 is 6.23. The SMILES string of the molecule is O=C(NCc1nnc(-c2cccnc2)o1)c1ccccc1Br. The second kappa shape index (κ2) is 6.48. The molecule has 0 fully saturated rings. The van der Waals surface area contributed by atoms with Crippen molar-refractivity contribution in [3.05, 3.63) is 64.7 Å². The molecule has 0 bridgehead atoms. The van der Waals surface area contributed by atoms with E-state index in [4.69, 9.17) is 4.42 Å². The average molecular weight is 359 g/mol. The molecule has 1 aromatic carbocycles. The zero-order valence-corrected chi connectivity index (χ0v) is 12.9. The van der Waals surface area contributed by atoms with Crippen LogP contribution in [-0.2, 0) is 6.54 Å². The molecule has 0 radical (unpaired) electrons. The van der Waals surface area contributed by atoms with E-state index < -0.39 is 0 Å². The summed E-state index contributed by atoms with van der Waals surface area (Å²) in [7, 11) is 0. The Balaban J connectivity index is 1.67. The average Bonchev–Trinajstić information content (AvgIpc) is 3.03. The third-order valence-electron chi connectivity index (χ3n) is 2.89. The van der Waals surface area contributed by atoms with Crippen molar-refractivity contribution < 1.29 is 9.21 Å². The highest BCUT2D eigenvalue weighted by atomic mass is 79.9. The van der Waals surface area contributed by atoms with Gasteiger partial charge in [-0.15, -0.1) is 10.2 Å². The number of rotatable bonds is 4. The number of amides is 1. The molecule has 0 spiro atoms. The Morgan fingerprint density at radius 2 is 2.05 bits per heavy atom. The summed E-state index contributed by atoms with van der Waals surface area (Å²) in [4.78, 5) is 16.1. The molecule has 0 saturated carbocycles. The number of nitrogens with zero attached hydrogens (tertiary/aromatic N) is 3. The van der Waals surface area contributed by atoms with E-state index in [1.54, 1.807) is 30.6 Å². The smallest absolute Gasteiger partial charge is 0.252 e. The molecule has 1 N–H and O–H groups in total. The van der Waals surface area contributed by atoms with E-state index >= 15 is 0 Å². The molecule has 2 heterocycles. The van der Waals surface area contributed by atoms with Gasteiger partial charge in [-0.25, -0.2) is 0 Å². The van der Waals surface area contributed by atoms with Crippen molar-refractivity contribution in [3.63, 3.8) is 0 Å². The highest BCUT2D eigenvalue weighted by Crippen LogP contribution is 2.17. The van der Waals surface area contributed by atoms with Crippen LogP contribution in [0.5, 0.6) is 0 Å². The molecule has 0 unspecified atom stereocenters. The number of benzene rings is 1. The number of nitrogens with one attached hydrogen (secondary N) is 1. The molecule has 7 heteroatoms. The maximum atomic E-state index is 12.1. The fourth-order valence-electron chi connectivity index (χ4n) is 1.83. The van der Waals surface area contributed by atoms with Crippen LogP contribution in [0.2, 0.25) is 0 Å². The molecular formula is C15H11BrN4O2. The number of halogens is 1. The maximum absolute atomic E-state index is 12.1. The molecule has 0 aliphatic carbocycles. The van der Waals surface area contributed by atoms with Crippen LogP contribution in [0.25, 0.3) is 11.5 Å². The zero-order valence-electron chi connectivity index (χ0n) is 11.4. The lowest BCUT2D eigenvalue weighted by Crippen LogP contribution is -2.23. The van der Waals surface area contributed by atoms with Crippen LogP contribution in [0.1, 0.15) is 16.2 Å². The zero-order chi connectivity index (χ0) is 15.4. The van der Waals surface area contributed by atoms with Gasteiger partial charge < -0.3 is 9.73 Å². The van der Waals surface area contributed by atoms with E-state index in [0.29, 0.717) is 17.3 Å². The summed E-state index contributed by atoms with van der Waals surface area (Å²) in [6.07, 6.45) is 3.30. The van der Waals surface area contributed by atoms with Crippen LogP contribution in [0.4, 0.5) is 0 Å². The number of aromatic nitrogens is 3. The van der Waals surface area contributed by atoms with Gasteiger partial charge in [0.2, 0.25) is 11.8 Å². The van der Waals surface area contributed by atoms with Gasteiger partial charge in [-0.05, 0) is 40.2 Å². The van der Waals surface area contributed by atoms with Gasteiger partial charge in [0.15, 0.2) is 0 Å². The normalized spacial score (nSPS) is 10.4. The lowest BCUT2D eigenvalue weighted by atomic mass is 10.2. The van der Waals surface area contributed by atoms with Crippen molar-refractivity contribution in [2.24, 2.45) is 0 Å². The van der Waals surface area contributed by atoms with Gasteiger partial charge >= 0.3 is 0 Å². The first-order chi connectivity index (χ1) is 10.7. The van der Waals surface area contributed by atoms with Gasteiger partial charge in [-0.1, -0.05) is 12.1 Å². The quantitative estimate of drug-likeness (QED) is 0.775. The van der Waals surface area contributed by atoms with E-state index in [2.05, 4.69) is 36.4 Å². The van der Waals surface area contributed by atoms with Crippen LogP contribution in [0, 0.1) is 0 Å². The largest absolute Gasteiger partial charge is 0.419 e. The van der Waals surface area contributed by atoms with Gasteiger partial charge in [0, 0.05) is 16.9 Å². The van der Waals surface area contributed by atoms with E-state index in [-0.39, 0.29) is 12.5 Å². The first-order valence-corrected chi connectivity index (χ1v) is 7.29. The van der Waals surface area contributed by atoms with Gasteiger partial charge in [-0.2, -0.15) is 0 Å². The minimum Gasteiger partial charge on any atom is -0.419 e. The van der Waals surface area contributed by atoms with Crippen LogP contribution < -0.4 is 5.32 Å². The Morgan fingerprint density at radius 1 is 1.18 bits per heavy atom. The van der Waals surface area contributed by atoms with Crippen molar-refractivity contribution in [1.29, 1.82) is 0 Å². The molecular weight excluding hydrogens is 348 g/mol. The van der Waals surface area contributed by atoms with Crippen LogP contribution in [0.15, 0.2) is 57.7 Å². The van der Waals surface area contributed by atoms with Crippen molar-refractivity contribution in [3.8, 4) is 11.5 Å². The lowest BCUT2D eigenvalue weighted by molar-refractivity contribution is 0.0946. The summed E-state index contributed by atoms with van der Waals surface area (Å²) in [5.74, 6) is 0.492. The molecule has 3 rings (SSSR count). The first kappa shape index (κ1) is 14.4. The minimum absolute atomic E-state index is 0.160. The fourth-order valence-corrected chi connectivity index (χ4v) is 2.29. The molecule has 3 aromatic rings. The number of hydrogen-bond donors (Lipinski definition) is 1. The predicted molar refractivity (Wildman–Crippen MR) is 82.8 cm³/mol. The van der Waals surface area contributed by atoms with Gasteiger partial charge in [0.05, 0.1) is 17.7 Å². The maximum Gasteiger partial charge on any atom is 0.252 e. The molecule has 0 aliphatic rings. The molecule has 0 saturated heterocycles. The second-order valence-corrected chi connectivity index (χ2v) is 5.26. The highest BCUT2D eigenvalue weighted by molar-refractivity contribution is 9.10. The Morgan fingerprint density at radius 3 is 2.82 bits per heavy atom. The second-order valence-electron chi connectivity index (χ2n) is 4.41. The number of carbonyl (C=O) groups excluding carboxylic acids is 1. The summed E-state index contributed by atoms with van der Waals surface area (Å²) >= 11 is 3.34. The third-order valence-corrected chi connectivity index (χ3v) is 3.59. The summed E-state index contributed by atoms with van der Waals surface area (Å²) in [6, 6.07) is 10.8. The Hall–Kier alpha value is -2.54. The molecule has 0 aliphatic heterocycles. The number of pyridine rings is 1. The van der Waals surface area contributed by atoms with E-state index in [1.165, 1.54) is 0 Å². The van der Waals surface area contributed by atoms with Crippen molar-refractivity contribution >= 4 is 21.8 Å². The predicted octanol–water partition coefficient (Wildman–Crippen LogP) is 2.82. The van der Waals surface area contributed by atoms with Crippen LogP contribution >= 0.6 is 15.9 Å². The van der Waals surface area contributed by atoms with Gasteiger partial charge in [0.25, 0.3) is 5.91 Å². The van der Waals surface area contributed by atoms with Crippen molar-refractivity contribution in [2.75, 3.05) is 0 Å². The van der Waals surface area contributed by atoms with Crippen LogP contribution in [-0.4, -0.2) is 21.1 Å². The van der Waals surface area contributed by atoms with E-state index in [9.17, 15) is 4.79 Å². The molecule has 22 heavy (non-hydrogen) atoms. The highest BCUT2D eigenvalue weighted by Gasteiger charge is 2.12. The Bertz CT molecular complexity index is 789. The van der Waals surface area contributed by atoms with Gasteiger partial charge in [0.1, 0.15) is 0 Å². The topological polar surface area (TPSA) is 80.9 Å². The summed E-state index contributed by atoms with van der Waals surface area (Å²) in [5.41, 5.74) is 1.29. The fraction of sp³-hybridized carbons (Fsp3) is 0.0667. The Labute approximate surface area is 134 Å². The monoisotopic (exact) mass is 358 g/mol. The third kappa shape index (κ3) is 3.20.